The van der Waals surface area contributed by atoms with Crippen LogP contribution < -0.4 is 0 Å². The molecule has 0 rings (SSSR count). The Morgan fingerprint density at radius 2 is 2.20 bits per heavy atom. The molecule has 0 aliphatic rings. The molecule has 0 aromatic rings. The summed E-state index contributed by atoms with van der Waals surface area (Å²) in [6.07, 6.45) is 2.17. The minimum atomic E-state index is 0.186. The molecule has 58 valence electrons. The molecule has 0 aromatic heterocycles. The van der Waals surface area contributed by atoms with E-state index in [-0.39, 0.29) is 5.78 Å². The van der Waals surface area contributed by atoms with Gasteiger partial charge in [-0.25, -0.2) is 0 Å². The summed E-state index contributed by atoms with van der Waals surface area (Å²) in [7, 11) is 0. The molecule has 0 saturated heterocycles. The van der Waals surface area contributed by atoms with Crippen molar-refractivity contribution in [2.24, 2.45) is 0 Å². The van der Waals surface area contributed by atoms with Crippen LogP contribution in [0.2, 0.25) is 0 Å². The molecule has 0 spiro atoms. The number of unbranched alkanes of at least 4 members (excludes halogenated alkanes) is 1. The molecule has 3 heteroatoms. The van der Waals surface area contributed by atoms with Crippen LogP contribution in [0.4, 0.5) is 0 Å². The van der Waals surface area contributed by atoms with Gasteiger partial charge in [-0.05, 0) is 19.8 Å². The van der Waals surface area contributed by atoms with Crippen LogP contribution in [0.5, 0.6) is 0 Å². The minimum Gasteiger partial charge on any atom is -0.468 e. The molecule has 0 aliphatic heterocycles. The van der Waals surface area contributed by atoms with Gasteiger partial charge in [0.2, 0.25) is 0 Å². The van der Waals surface area contributed by atoms with E-state index in [9.17, 15) is 9.59 Å². The third-order valence-corrected chi connectivity index (χ3v) is 1.11. The zero-order valence-corrected chi connectivity index (χ0v) is 6.13. The van der Waals surface area contributed by atoms with Crippen LogP contribution in [0.3, 0.4) is 0 Å². The molecule has 0 N–H and O–H groups in total. The van der Waals surface area contributed by atoms with Gasteiger partial charge in [0, 0.05) is 6.42 Å². The molecule has 0 saturated carbocycles. The van der Waals surface area contributed by atoms with Crippen LogP contribution in [-0.4, -0.2) is 18.9 Å². The first-order chi connectivity index (χ1) is 4.77. The molecule has 0 bridgehead atoms. The average Bonchev–Trinajstić information content (AvgIpc) is 1.87. The second-order valence-corrected chi connectivity index (χ2v) is 2.13. The Kier molecular flexibility index (Phi) is 5.72. The van der Waals surface area contributed by atoms with Crippen molar-refractivity contribution in [3.63, 3.8) is 0 Å². The number of carbonyl (C=O) groups excluding carboxylic acids is 2. The van der Waals surface area contributed by atoms with Crippen LogP contribution in [0.15, 0.2) is 0 Å². The molecule has 0 unspecified atom stereocenters. The molecule has 0 aliphatic carbocycles. The molecule has 3 nitrogen and oxygen atoms in total. The fourth-order valence-corrected chi connectivity index (χ4v) is 0.607. The molecule has 0 amide bonds. The van der Waals surface area contributed by atoms with Gasteiger partial charge in [-0.1, -0.05) is 0 Å². The van der Waals surface area contributed by atoms with E-state index in [0.717, 1.165) is 12.8 Å². The highest BCUT2D eigenvalue weighted by molar-refractivity contribution is 5.75. The Morgan fingerprint density at radius 1 is 1.50 bits per heavy atom. The van der Waals surface area contributed by atoms with Gasteiger partial charge in [0.05, 0.1) is 6.61 Å². The lowest BCUT2D eigenvalue weighted by molar-refractivity contribution is -0.128. The lowest BCUT2D eigenvalue weighted by atomic mass is 10.2. The Hall–Kier alpha value is -0.860. The van der Waals surface area contributed by atoms with Gasteiger partial charge in [0.25, 0.3) is 6.47 Å². The predicted octanol–water partition coefficient (Wildman–Crippen LogP) is 0.919. The van der Waals surface area contributed by atoms with E-state index in [2.05, 4.69) is 4.74 Å². The summed E-state index contributed by atoms with van der Waals surface area (Å²) in [4.78, 5) is 20.0. The van der Waals surface area contributed by atoms with E-state index >= 15 is 0 Å². The van der Waals surface area contributed by atoms with E-state index in [1.807, 2.05) is 0 Å². The number of rotatable bonds is 6. The predicted molar refractivity (Wildman–Crippen MR) is 36.5 cm³/mol. The highest BCUT2D eigenvalue weighted by Crippen LogP contribution is 1.95. The zero-order valence-electron chi connectivity index (χ0n) is 6.13. The largest absolute Gasteiger partial charge is 0.468 e. The van der Waals surface area contributed by atoms with Gasteiger partial charge in [-0.2, -0.15) is 0 Å². The summed E-state index contributed by atoms with van der Waals surface area (Å²) in [6, 6.07) is 0. The van der Waals surface area contributed by atoms with Crippen molar-refractivity contribution in [3.05, 3.63) is 0 Å². The Labute approximate surface area is 60.4 Å². The fourth-order valence-electron chi connectivity index (χ4n) is 0.607. The van der Waals surface area contributed by atoms with Crippen LogP contribution >= 0.6 is 0 Å². The van der Waals surface area contributed by atoms with Gasteiger partial charge >= 0.3 is 0 Å². The quantitative estimate of drug-likeness (QED) is 0.411. The molecule has 0 radical (unpaired) electrons. The maximum absolute atomic E-state index is 10.4. The minimum absolute atomic E-state index is 0.186. The Morgan fingerprint density at radius 3 is 2.70 bits per heavy atom. The van der Waals surface area contributed by atoms with Gasteiger partial charge in [0.1, 0.15) is 5.78 Å². The standard InChI is InChI=1S/C7H12O3/c1-7(9)4-2-3-5-10-6-8/h6H,2-5H2,1H3. The summed E-state index contributed by atoms with van der Waals surface area (Å²) < 4.78 is 4.42. The van der Waals surface area contributed by atoms with E-state index in [4.69, 9.17) is 0 Å². The summed E-state index contributed by atoms with van der Waals surface area (Å²) in [5.41, 5.74) is 0. The first-order valence-electron chi connectivity index (χ1n) is 3.32. The molecule has 0 atom stereocenters. The third kappa shape index (κ3) is 7.14. The summed E-state index contributed by atoms with van der Waals surface area (Å²) >= 11 is 0. The lowest BCUT2D eigenvalue weighted by Gasteiger charge is -1.95. The first kappa shape index (κ1) is 9.14. The zero-order chi connectivity index (χ0) is 7.82. The Bertz CT molecular complexity index is 109. The van der Waals surface area contributed by atoms with E-state index in [1.54, 1.807) is 6.92 Å². The number of ether oxygens (including phenoxy) is 1. The van der Waals surface area contributed by atoms with Gasteiger partial charge in [-0.3, -0.25) is 4.79 Å². The fraction of sp³-hybridized carbons (Fsp3) is 0.714. The van der Waals surface area contributed by atoms with Crippen LogP contribution in [-0.2, 0) is 14.3 Å². The Balaban J connectivity index is 2.90. The normalized spacial score (nSPS) is 8.90. The van der Waals surface area contributed by atoms with Gasteiger partial charge in [0.15, 0.2) is 0 Å². The number of Topliss-reactive ketones (excluding diaryl/α,β-unsaturated/α-hetero) is 1. The molecular weight excluding hydrogens is 132 g/mol. The first-order valence-corrected chi connectivity index (χ1v) is 3.32. The number of carbonyl (C=O) groups is 2. The van der Waals surface area contributed by atoms with Crippen molar-refractivity contribution in [1.82, 2.24) is 0 Å². The SMILES string of the molecule is CC(=O)CCCCOC=O. The van der Waals surface area contributed by atoms with Crippen LogP contribution in [0, 0.1) is 0 Å². The van der Waals surface area contributed by atoms with Crippen molar-refractivity contribution in [1.29, 1.82) is 0 Å². The summed E-state index contributed by atoms with van der Waals surface area (Å²) in [5, 5.41) is 0. The summed E-state index contributed by atoms with van der Waals surface area (Å²) in [6.45, 7) is 2.41. The molecule has 10 heavy (non-hydrogen) atoms. The topological polar surface area (TPSA) is 43.4 Å². The van der Waals surface area contributed by atoms with Crippen molar-refractivity contribution in [3.8, 4) is 0 Å². The number of hydrogen-bond acceptors (Lipinski definition) is 3. The van der Waals surface area contributed by atoms with Gasteiger partial charge in [-0.15, -0.1) is 0 Å². The third-order valence-electron chi connectivity index (χ3n) is 1.11. The molecule has 0 heterocycles. The van der Waals surface area contributed by atoms with Crippen molar-refractivity contribution in [2.45, 2.75) is 26.2 Å². The molecule has 0 aromatic carbocycles. The maximum Gasteiger partial charge on any atom is 0.293 e. The number of hydrogen-bond donors (Lipinski definition) is 0. The maximum atomic E-state index is 10.4. The van der Waals surface area contributed by atoms with E-state index in [1.165, 1.54) is 0 Å². The second-order valence-electron chi connectivity index (χ2n) is 2.13. The average molecular weight is 144 g/mol. The second kappa shape index (κ2) is 6.26. The van der Waals surface area contributed by atoms with E-state index < -0.39 is 0 Å². The monoisotopic (exact) mass is 144 g/mol. The summed E-state index contributed by atoms with van der Waals surface area (Å²) in [5.74, 6) is 0.186. The highest BCUT2D eigenvalue weighted by Gasteiger charge is 1.92. The number of ketones is 1. The smallest absolute Gasteiger partial charge is 0.293 e. The molecule has 0 fully saturated rings. The van der Waals surface area contributed by atoms with Crippen molar-refractivity contribution < 1.29 is 14.3 Å². The van der Waals surface area contributed by atoms with Crippen LogP contribution in [0.1, 0.15) is 26.2 Å². The van der Waals surface area contributed by atoms with Crippen LogP contribution in [0.25, 0.3) is 0 Å². The highest BCUT2D eigenvalue weighted by atomic mass is 16.5. The van der Waals surface area contributed by atoms with Crippen molar-refractivity contribution in [2.75, 3.05) is 6.61 Å². The van der Waals surface area contributed by atoms with Crippen molar-refractivity contribution >= 4 is 12.3 Å². The van der Waals surface area contributed by atoms with E-state index in [0.29, 0.717) is 19.5 Å². The molecular formula is C7H12O3. The van der Waals surface area contributed by atoms with Gasteiger partial charge < -0.3 is 9.53 Å². The lowest BCUT2D eigenvalue weighted by Crippen LogP contribution is -1.94.